The number of carbonyl (C=O) groups is 1. The first-order valence-corrected chi connectivity index (χ1v) is 19.9. The topological polar surface area (TPSA) is 94.2 Å². The van der Waals surface area contributed by atoms with E-state index in [1.54, 1.807) is 6.07 Å². The summed E-state index contributed by atoms with van der Waals surface area (Å²) < 4.78 is 48.3. The zero-order valence-electron chi connectivity index (χ0n) is 28.0. The lowest BCUT2D eigenvalue weighted by molar-refractivity contribution is -0.0450. The van der Waals surface area contributed by atoms with Gasteiger partial charge < -0.3 is 19.1 Å². The van der Waals surface area contributed by atoms with Crippen molar-refractivity contribution in [3.63, 3.8) is 0 Å². The van der Waals surface area contributed by atoms with Crippen LogP contribution in [0, 0.1) is 17.8 Å². The Bertz CT molecular complexity index is 1620. The number of halogens is 1. The fourth-order valence-corrected chi connectivity index (χ4v) is 10.3. The summed E-state index contributed by atoms with van der Waals surface area (Å²) in [5.74, 6) is 1.38. The van der Waals surface area contributed by atoms with Gasteiger partial charge in [-0.25, -0.2) is 13.1 Å². The van der Waals surface area contributed by atoms with Gasteiger partial charge in [-0.05, 0) is 123 Å². The molecular formula is C38H49ClN2O6S. The van der Waals surface area contributed by atoms with Crippen LogP contribution in [-0.2, 0) is 31.3 Å². The van der Waals surface area contributed by atoms with E-state index in [4.69, 9.17) is 25.8 Å². The molecule has 7 rings (SSSR count). The van der Waals surface area contributed by atoms with Gasteiger partial charge in [-0.1, -0.05) is 36.7 Å². The number of aryl methyl sites for hydroxylation is 1. The van der Waals surface area contributed by atoms with Crippen molar-refractivity contribution in [1.82, 2.24) is 4.72 Å². The van der Waals surface area contributed by atoms with Gasteiger partial charge in [0.05, 0.1) is 30.3 Å². The third-order valence-electron chi connectivity index (χ3n) is 11.6. The van der Waals surface area contributed by atoms with E-state index in [1.807, 2.05) is 25.1 Å². The molecule has 0 aromatic heterocycles. The minimum Gasteiger partial charge on any atom is -0.490 e. The second kappa shape index (κ2) is 14.3. The SMILES string of the molecule is CC[C@@H]1CC/C=C\[C@H](OCC2CCOCC2)[C@@H]2CC[C@H]2CN2C[C@@]3(CCCc4cc(Cl)ccc43)COc3ccc(cc32)C(=O)NS1(=O)=O. The maximum absolute atomic E-state index is 13.5. The van der Waals surface area contributed by atoms with Gasteiger partial charge in [0.15, 0.2) is 0 Å². The van der Waals surface area contributed by atoms with Gasteiger partial charge in [-0.2, -0.15) is 0 Å². The van der Waals surface area contributed by atoms with Crippen LogP contribution in [0.3, 0.4) is 0 Å². The Morgan fingerprint density at radius 3 is 2.73 bits per heavy atom. The molecule has 2 bridgehead atoms. The number of nitrogens with one attached hydrogen (secondary N) is 1. The maximum atomic E-state index is 13.5. The van der Waals surface area contributed by atoms with Crippen LogP contribution in [0.5, 0.6) is 5.75 Å². The fourth-order valence-electron chi connectivity index (χ4n) is 8.64. The molecule has 2 aromatic rings. The van der Waals surface area contributed by atoms with Gasteiger partial charge in [0.25, 0.3) is 5.91 Å². The monoisotopic (exact) mass is 696 g/mol. The molecule has 3 aliphatic heterocycles. The number of ether oxygens (including phenoxy) is 3. The molecule has 1 saturated heterocycles. The van der Waals surface area contributed by atoms with Gasteiger partial charge in [0.1, 0.15) is 5.75 Å². The number of benzene rings is 2. The van der Waals surface area contributed by atoms with Gasteiger partial charge in [-0.15, -0.1) is 0 Å². The number of sulfonamides is 1. The summed E-state index contributed by atoms with van der Waals surface area (Å²) in [4.78, 5) is 15.9. The smallest absolute Gasteiger partial charge is 0.264 e. The molecule has 1 spiro atoms. The van der Waals surface area contributed by atoms with Crippen LogP contribution in [0.25, 0.3) is 0 Å². The molecule has 0 radical (unpaired) electrons. The lowest BCUT2D eigenvalue weighted by Gasteiger charge is -2.46. The molecule has 2 aromatic carbocycles. The van der Waals surface area contributed by atoms with E-state index in [9.17, 15) is 13.2 Å². The van der Waals surface area contributed by atoms with E-state index in [0.29, 0.717) is 55.8 Å². The highest BCUT2D eigenvalue weighted by Gasteiger charge is 2.44. The zero-order valence-corrected chi connectivity index (χ0v) is 29.6. The Labute approximate surface area is 290 Å². The molecule has 48 heavy (non-hydrogen) atoms. The first kappa shape index (κ1) is 33.9. The van der Waals surface area contributed by atoms with Gasteiger partial charge in [0.2, 0.25) is 10.0 Å². The highest BCUT2D eigenvalue weighted by Crippen LogP contribution is 2.47. The predicted octanol–water partition coefficient (Wildman–Crippen LogP) is 6.84. The van der Waals surface area contributed by atoms with Crippen molar-refractivity contribution in [2.24, 2.45) is 17.8 Å². The minimum absolute atomic E-state index is 0.0311. The number of hydrogen-bond acceptors (Lipinski definition) is 7. The van der Waals surface area contributed by atoms with Gasteiger partial charge in [-0.3, -0.25) is 4.79 Å². The van der Waals surface area contributed by atoms with Crippen molar-refractivity contribution in [3.8, 4) is 5.75 Å². The van der Waals surface area contributed by atoms with Crippen molar-refractivity contribution >= 4 is 33.2 Å². The molecule has 1 saturated carbocycles. The van der Waals surface area contributed by atoms with E-state index < -0.39 is 21.2 Å². The van der Waals surface area contributed by atoms with Crippen LogP contribution >= 0.6 is 11.6 Å². The number of hydrogen-bond donors (Lipinski definition) is 1. The zero-order chi connectivity index (χ0) is 33.3. The van der Waals surface area contributed by atoms with Gasteiger partial charge in [0, 0.05) is 42.3 Å². The molecular weight excluding hydrogens is 648 g/mol. The summed E-state index contributed by atoms with van der Waals surface area (Å²) in [6, 6.07) is 11.6. The van der Waals surface area contributed by atoms with Crippen molar-refractivity contribution in [2.45, 2.75) is 87.9 Å². The first-order valence-electron chi connectivity index (χ1n) is 18.0. The number of allylic oxidation sites excluding steroid dienone is 1. The third kappa shape index (κ3) is 7.03. The molecule has 2 fully saturated rings. The highest BCUT2D eigenvalue weighted by atomic mass is 35.5. The summed E-state index contributed by atoms with van der Waals surface area (Å²) in [7, 11) is -3.88. The van der Waals surface area contributed by atoms with Crippen LogP contribution in [0.2, 0.25) is 5.02 Å². The Morgan fingerprint density at radius 2 is 1.94 bits per heavy atom. The van der Waals surface area contributed by atoms with Crippen molar-refractivity contribution in [3.05, 3.63) is 70.3 Å². The van der Waals surface area contributed by atoms with Gasteiger partial charge >= 0.3 is 0 Å². The Balaban J connectivity index is 1.25. The fraction of sp³-hybridized carbons (Fsp3) is 0.605. The largest absolute Gasteiger partial charge is 0.490 e. The number of carbonyl (C=O) groups excluding carboxylic acids is 1. The second-order valence-corrected chi connectivity index (χ2v) is 17.1. The van der Waals surface area contributed by atoms with E-state index in [-0.39, 0.29) is 11.5 Å². The Hall–Kier alpha value is -2.59. The van der Waals surface area contributed by atoms with Crippen LogP contribution < -0.4 is 14.4 Å². The second-order valence-electron chi connectivity index (χ2n) is 14.7. The molecule has 8 nitrogen and oxygen atoms in total. The Kier molecular flexibility index (Phi) is 10.1. The average Bonchev–Trinajstić information content (AvgIpc) is 3.21. The average molecular weight is 697 g/mol. The quantitative estimate of drug-likeness (QED) is 0.350. The van der Waals surface area contributed by atoms with E-state index >= 15 is 0 Å². The lowest BCUT2D eigenvalue weighted by atomic mass is 9.68. The van der Waals surface area contributed by atoms with Crippen LogP contribution in [0.1, 0.15) is 86.2 Å². The summed E-state index contributed by atoms with van der Waals surface area (Å²) in [5, 5.41) is 0.0826. The standard InChI is InChI=1S/C38H49ClN2O6S/c1-2-31-7-3-4-8-35(46-23-26-15-18-45-19-16-26)32-12-9-29(32)22-41-24-38(17-5-6-27-20-30(39)11-13-33(27)38)25-47-36-14-10-28(21-34(36)41)37(42)40-48(31,43)44/h4,8,10-11,13-14,20-21,26,29,31-32,35H,2-3,5-7,9,12,15-19,22-25H2,1H3,(H,40,42)/b8-4-/t29-,31+,32+,35-,38-/m0/s1. The third-order valence-corrected chi connectivity index (χ3v) is 13.8. The summed E-state index contributed by atoms with van der Waals surface area (Å²) in [6.07, 6.45) is 13.0. The number of anilines is 1. The molecule has 1 amide bonds. The van der Waals surface area contributed by atoms with E-state index in [1.165, 1.54) is 11.1 Å². The first-order chi connectivity index (χ1) is 23.2. The summed E-state index contributed by atoms with van der Waals surface area (Å²) in [5.41, 5.74) is 3.50. The highest BCUT2D eigenvalue weighted by molar-refractivity contribution is 7.90. The summed E-state index contributed by atoms with van der Waals surface area (Å²) in [6.45, 7) is 6.22. The summed E-state index contributed by atoms with van der Waals surface area (Å²) >= 11 is 6.46. The molecule has 10 heteroatoms. The maximum Gasteiger partial charge on any atom is 0.264 e. The molecule has 260 valence electrons. The molecule has 2 aliphatic carbocycles. The molecule has 5 atom stereocenters. The van der Waals surface area contributed by atoms with Crippen LogP contribution in [0.4, 0.5) is 5.69 Å². The van der Waals surface area contributed by atoms with Crippen molar-refractivity contribution in [2.75, 3.05) is 44.4 Å². The number of rotatable bonds is 4. The van der Waals surface area contributed by atoms with Crippen molar-refractivity contribution in [1.29, 1.82) is 0 Å². The Morgan fingerprint density at radius 1 is 1.08 bits per heavy atom. The molecule has 3 heterocycles. The molecule has 1 N–H and O–H groups in total. The van der Waals surface area contributed by atoms with E-state index in [2.05, 4.69) is 33.9 Å². The predicted molar refractivity (Wildman–Crippen MR) is 189 cm³/mol. The minimum atomic E-state index is -3.88. The van der Waals surface area contributed by atoms with Crippen LogP contribution in [-0.4, -0.2) is 65.2 Å². The number of fused-ring (bicyclic) bond motifs is 4. The molecule has 0 unspecified atom stereocenters. The number of amides is 1. The van der Waals surface area contributed by atoms with E-state index in [0.717, 1.165) is 87.7 Å². The van der Waals surface area contributed by atoms with Crippen LogP contribution in [0.15, 0.2) is 48.6 Å². The number of nitrogens with zero attached hydrogens (tertiary/aromatic N) is 1. The van der Waals surface area contributed by atoms with Crippen molar-refractivity contribution < 1.29 is 27.4 Å². The lowest BCUT2D eigenvalue weighted by Crippen LogP contribution is -2.49. The normalized spacial score (nSPS) is 31.4. The molecule has 5 aliphatic rings.